The van der Waals surface area contributed by atoms with Gasteiger partial charge in [0.25, 0.3) is 0 Å². The van der Waals surface area contributed by atoms with Crippen molar-refractivity contribution in [3.63, 3.8) is 0 Å². The molecule has 1 atom stereocenters. The molecular formula is C18H17IO2. The molecule has 2 aromatic rings. The molecule has 1 aliphatic rings. The van der Waals surface area contributed by atoms with Crippen LogP contribution in [0.3, 0.4) is 0 Å². The molecule has 0 saturated heterocycles. The van der Waals surface area contributed by atoms with Gasteiger partial charge in [-0.05, 0) is 71.2 Å². The standard InChI is InChI=1S/C18H17IO2/c1-21-17-10-9-13(19)11-16(17)18(20)15-8-4-6-12-5-2-3-7-14(12)15/h2-3,5,7,9-11,15H,4,6,8H2,1H3. The molecule has 2 nitrogen and oxygen atoms in total. The van der Waals surface area contributed by atoms with Crippen molar-refractivity contribution in [1.29, 1.82) is 0 Å². The molecule has 0 saturated carbocycles. The summed E-state index contributed by atoms with van der Waals surface area (Å²) in [6.45, 7) is 0. The van der Waals surface area contributed by atoms with E-state index in [1.165, 1.54) is 11.1 Å². The van der Waals surface area contributed by atoms with Crippen LogP contribution in [0.5, 0.6) is 5.75 Å². The topological polar surface area (TPSA) is 26.3 Å². The van der Waals surface area contributed by atoms with Crippen molar-refractivity contribution in [3.05, 3.63) is 62.7 Å². The lowest BCUT2D eigenvalue weighted by atomic mass is 9.79. The smallest absolute Gasteiger partial charge is 0.174 e. The predicted octanol–water partition coefficient (Wildman–Crippen LogP) is 4.60. The van der Waals surface area contributed by atoms with Gasteiger partial charge < -0.3 is 4.74 Å². The quantitative estimate of drug-likeness (QED) is 0.564. The Hall–Kier alpha value is -1.36. The number of carbonyl (C=O) groups excluding carboxylic acids is 1. The zero-order chi connectivity index (χ0) is 14.8. The van der Waals surface area contributed by atoms with Gasteiger partial charge >= 0.3 is 0 Å². The van der Waals surface area contributed by atoms with E-state index in [0.29, 0.717) is 11.3 Å². The Morgan fingerprint density at radius 3 is 2.86 bits per heavy atom. The maximum atomic E-state index is 13.0. The van der Waals surface area contributed by atoms with Crippen molar-refractivity contribution in [2.24, 2.45) is 0 Å². The highest BCUT2D eigenvalue weighted by molar-refractivity contribution is 14.1. The molecule has 0 aromatic heterocycles. The van der Waals surface area contributed by atoms with Crippen LogP contribution in [-0.4, -0.2) is 12.9 Å². The summed E-state index contributed by atoms with van der Waals surface area (Å²) in [7, 11) is 1.62. The largest absolute Gasteiger partial charge is 0.496 e. The maximum absolute atomic E-state index is 13.0. The molecule has 108 valence electrons. The Kier molecular flexibility index (Phi) is 4.29. The Bertz CT molecular complexity index is 679. The van der Waals surface area contributed by atoms with E-state index >= 15 is 0 Å². The average molecular weight is 392 g/mol. The number of aryl methyl sites for hydroxylation is 1. The first-order chi connectivity index (χ1) is 10.2. The first-order valence-corrected chi connectivity index (χ1v) is 8.24. The van der Waals surface area contributed by atoms with Crippen LogP contribution in [0.15, 0.2) is 42.5 Å². The minimum Gasteiger partial charge on any atom is -0.496 e. The first kappa shape index (κ1) is 14.6. The highest BCUT2D eigenvalue weighted by Gasteiger charge is 2.28. The van der Waals surface area contributed by atoms with Crippen LogP contribution in [0.4, 0.5) is 0 Å². The van der Waals surface area contributed by atoms with E-state index in [4.69, 9.17) is 4.74 Å². The summed E-state index contributed by atoms with van der Waals surface area (Å²) in [6, 6.07) is 14.1. The van der Waals surface area contributed by atoms with Crippen LogP contribution in [0.25, 0.3) is 0 Å². The minimum atomic E-state index is -0.0398. The molecule has 0 spiro atoms. The number of fused-ring (bicyclic) bond motifs is 1. The Morgan fingerprint density at radius 2 is 2.05 bits per heavy atom. The molecule has 1 unspecified atom stereocenters. The fourth-order valence-corrected chi connectivity index (χ4v) is 3.58. The van der Waals surface area contributed by atoms with E-state index in [1.54, 1.807) is 7.11 Å². The number of ketones is 1. The molecule has 0 N–H and O–H groups in total. The Balaban J connectivity index is 2.02. The second-order valence-corrected chi connectivity index (χ2v) is 6.60. The van der Waals surface area contributed by atoms with Gasteiger partial charge in [0.05, 0.1) is 12.7 Å². The molecule has 1 aliphatic carbocycles. The molecule has 0 bridgehead atoms. The van der Waals surface area contributed by atoms with Crippen LogP contribution >= 0.6 is 22.6 Å². The highest BCUT2D eigenvalue weighted by Crippen LogP contribution is 2.36. The minimum absolute atomic E-state index is 0.0398. The van der Waals surface area contributed by atoms with Crippen LogP contribution in [0.1, 0.15) is 40.2 Å². The van der Waals surface area contributed by atoms with E-state index in [2.05, 4.69) is 40.8 Å². The monoisotopic (exact) mass is 392 g/mol. The third-order valence-electron chi connectivity index (χ3n) is 4.11. The number of hydrogen-bond donors (Lipinski definition) is 0. The number of halogens is 1. The van der Waals surface area contributed by atoms with Crippen molar-refractivity contribution < 1.29 is 9.53 Å². The third-order valence-corrected chi connectivity index (χ3v) is 4.78. The van der Waals surface area contributed by atoms with Gasteiger partial charge in [-0.2, -0.15) is 0 Å². The molecule has 3 rings (SSSR count). The van der Waals surface area contributed by atoms with E-state index in [-0.39, 0.29) is 11.7 Å². The molecule has 0 aliphatic heterocycles. The van der Waals surface area contributed by atoms with E-state index in [0.717, 1.165) is 22.8 Å². The van der Waals surface area contributed by atoms with Gasteiger partial charge in [0, 0.05) is 9.49 Å². The molecule has 3 heteroatoms. The van der Waals surface area contributed by atoms with Crippen molar-refractivity contribution >= 4 is 28.4 Å². The van der Waals surface area contributed by atoms with Gasteiger partial charge in [0.1, 0.15) is 5.75 Å². The van der Waals surface area contributed by atoms with Crippen LogP contribution < -0.4 is 4.74 Å². The summed E-state index contributed by atoms with van der Waals surface area (Å²) in [4.78, 5) is 13.0. The molecule has 0 radical (unpaired) electrons. The first-order valence-electron chi connectivity index (χ1n) is 7.16. The number of hydrogen-bond acceptors (Lipinski definition) is 2. The van der Waals surface area contributed by atoms with Gasteiger partial charge in [-0.1, -0.05) is 24.3 Å². The van der Waals surface area contributed by atoms with Crippen molar-refractivity contribution in [1.82, 2.24) is 0 Å². The summed E-state index contributed by atoms with van der Waals surface area (Å²) in [5.41, 5.74) is 3.20. The van der Waals surface area contributed by atoms with Crippen molar-refractivity contribution in [3.8, 4) is 5.75 Å². The van der Waals surface area contributed by atoms with Crippen LogP contribution in [0.2, 0.25) is 0 Å². The number of benzene rings is 2. The zero-order valence-electron chi connectivity index (χ0n) is 11.9. The van der Waals surface area contributed by atoms with Crippen molar-refractivity contribution in [2.75, 3.05) is 7.11 Å². The Labute approximate surface area is 138 Å². The molecule has 2 aromatic carbocycles. The van der Waals surface area contributed by atoms with Crippen LogP contribution in [-0.2, 0) is 6.42 Å². The van der Waals surface area contributed by atoms with Crippen molar-refractivity contribution in [2.45, 2.75) is 25.2 Å². The van der Waals surface area contributed by atoms with Gasteiger partial charge in [-0.3, -0.25) is 4.79 Å². The summed E-state index contributed by atoms with van der Waals surface area (Å²) in [5.74, 6) is 0.808. The SMILES string of the molecule is COc1ccc(I)cc1C(=O)C1CCCc2ccccc21. The lowest BCUT2D eigenvalue weighted by molar-refractivity contribution is 0.0948. The number of ether oxygens (including phenoxy) is 1. The van der Waals surface area contributed by atoms with Gasteiger partial charge in [-0.25, -0.2) is 0 Å². The average Bonchev–Trinajstić information content (AvgIpc) is 2.53. The summed E-state index contributed by atoms with van der Waals surface area (Å²) < 4.78 is 6.43. The fraction of sp³-hybridized carbons (Fsp3) is 0.278. The maximum Gasteiger partial charge on any atom is 0.174 e. The predicted molar refractivity (Wildman–Crippen MR) is 92.2 cm³/mol. The molecule has 0 amide bonds. The lowest BCUT2D eigenvalue weighted by Crippen LogP contribution is -2.19. The van der Waals surface area contributed by atoms with E-state index < -0.39 is 0 Å². The third kappa shape index (κ3) is 2.84. The highest BCUT2D eigenvalue weighted by atomic mass is 127. The molecular weight excluding hydrogens is 375 g/mol. The fourth-order valence-electron chi connectivity index (χ4n) is 3.09. The number of carbonyl (C=O) groups is 1. The second kappa shape index (κ2) is 6.18. The van der Waals surface area contributed by atoms with Gasteiger partial charge in [-0.15, -0.1) is 0 Å². The molecule has 21 heavy (non-hydrogen) atoms. The Morgan fingerprint density at radius 1 is 1.24 bits per heavy atom. The number of rotatable bonds is 3. The number of methoxy groups -OCH3 is 1. The van der Waals surface area contributed by atoms with Gasteiger partial charge in [0.15, 0.2) is 5.78 Å². The molecule has 0 fully saturated rings. The lowest BCUT2D eigenvalue weighted by Gasteiger charge is -2.25. The van der Waals surface area contributed by atoms with E-state index in [9.17, 15) is 4.79 Å². The summed E-state index contributed by atoms with van der Waals surface area (Å²) >= 11 is 2.23. The molecule has 0 heterocycles. The summed E-state index contributed by atoms with van der Waals surface area (Å²) in [6.07, 6.45) is 3.06. The summed E-state index contributed by atoms with van der Waals surface area (Å²) in [5, 5.41) is 0. The number of Topliss-reactive ketones (excluding diaryl/α,β-unsaturated/α-hetero) is 1. The normalized spacial score (nSPS) is 17.1. The van der Waals surface area contributed by atoms with Crippen LogP contribution in [0, 0.1) is 3.57 Å². The van der Waals surface area contributed by atoms with E-state index in [1.807, 2.05) is 24.3 Å². The van der Waals surface area contributed by atoms with Gasteiger partial charge in [0.2, 0.25) is 0 Å². The zero-order valence-corrected chi connectivity index (χ0v) is 14.1. The second-order valence-electron chi connectivity index (χ2n) is 5.35.